The molecule has 206 valence electrons. The quantitative estimate of drug-likeness (QED) is 0.203. The third-order valence-electron chi connectivity index (χ3n) is 6.09. The molecule has 0 aliphatic carbocycles. The number of primary sulfonamides is 1. The Morgan fingerprint density at radius 3 is 1.79 bits per heavy atom. The van der Waals surface area contributed by atoms with Crippen molar-refractivity contribution in [2.45, 2.75) is 50.7 Å². The van der Waals surface area contributed by atoms with Crippen LogP contribution in [-0.2, 0) is 36.1 Å². The monoisotopic (exact) mass is 545 g/mol. The molecule has 0 amide bonds. The maximum atomic E-state index is 12.5. The van der Waals surface area contributed by atoms with E-state index < -0.39 is 10.0 Å². The van der Waals surface area contributed by atoms with Crippen LogP contribution in [0.1, 0.15) is 47.6 Å². The lowest BCUT2D eigenvalue weighted by molar-refractivity contribution is 0.305. The van der Waals surface area contributed by atoms with Crippen molar-refractivity contribution in [3.63, 3.8) is 0 Å². The zero-order chi connectivity index (χ0) is 27.9. The second kappa shape index (κ2) is 15.8. The van der Waals surface area contributed by atoms with Crippen molar-refractivity contribution >= 4 is 10.0 Å². The van der Waals surface area contributed by atoms with Crippen molar-refractivity contribution in [3.05, 3.63) is 131 Å². The Balaban J connectivity index is 0.000000449. The van der Waals surface area contributed by atoms with Crippen LogP contribution >= 0.6 is 0 Å². The van der Waals surface area contributed by atoms with Crippen LogP contribution < -0.4 is 20.9 Å². The van der Waals surface area contributed by atoms with Crippen LogP contribution in [0, 0.1) is 0 Å². The standard InChI is InChI=1S/C25H30N2O3S.C7H9N/c1-2-3-14-30-24-16-22(19-27-18-21-12-8-5-9-13-21)17-25(31(26,28)29)23(24)15-20-10-6-4-7-11-20;8-6-7-4-2-1-3-5-7/h4-13,16-17,27H,2-3,14-15,18-19H2,1H3,(H2,26,28,29);1-5H,6,8H2. The van der Waals surface area contributed by atoms with E-state index >= 15 is 0 Å². The number of benzene rings is 4. The van der Waals surface area contributed by atoms with Gasteiger partial charge in [-0.3, -0.25) is 0 Å². The van der Waals surface area contributed by atoms with Gasteiger partial charge >= 0.3 is 0 Å². The summed E-state index contributed by atoms with van der Waals surface area (Å²) in [7, 11) is -3.91. The second-order valence-electron chi connectivity index (χ2n) is 9.26. The minimum atomic E-state index is -3.91. The molecule has 0 saturated carbocycles. The van der Waals surface area contributed by atoms with E-state index in [4.69, 9.17) is 15.6 Å². The Labute approximate surface area is 233 Å². The Kier molecular flexibility index (Phi) is 12.2. The zero-order valence-electron chi connectivity index (χ0n) is 22.6. The molecular formula is C32H39N3O3S. The summed E-state index contributed by atoms with van der Waals surface area (Å²) >= 11 is 0. The molecule has 0 aliphatic heterocycles. The maximum absolute atomic E-state index is 12.5. The van der Waals surface area contributed by atoms with Gasteiger partial charge in [-0.2, -0.15) is 0 Å². The fourth-order valence-corrected chi connectivity index (χ4v) is 4.85. The molecule has 5 N–H and O–H groups in total. The molecule has 7 heteroatoms. The molecule has 6 nitrogen and oxygen atoms in total. The van der Waals surface area contributed by atoms with E-state index in [9.17, 15) is 8.42 Å². The van der Waals surface area contributed by atoms with Gasteiger partial charge < -0.3 is 15.8 Å². The summed E-state index contributed by atoms with van der Waals surface area (Å²) < 4.78 is 31.0. The highest BCUT2D eigenvalue weighted by Gasteiger charge is 2.20. The largest absolute Gasteiger partial charge is 0.493 e. The van der Waals surface area contributed by atoms with Gasteiger partial charge in [0.15, 0.2) is 0 Å². The first-order valence-corrected chi connectivity index (χ1v) is 14.8. The van der Waals surface area contributed by atoms with Gasteiger partial charge in [0.05, 0.1) is 11.5 Å². The summed E-state index contributed by atoms with van der Waals surface area (Å²) in [5.74, 6) is 0.584. The third kappa shape index (κ3) is 10.3. The Morgan fingerprint density at radius 1 is 0.744 bits per heavy atom. The van der Waals surface area contributed by atoms with E-state index in [-0.39, 0.29) is 4.90 Å². The Bertz CT molecular complexity index is 1360. The van der Waals surface area contributed by atoms with E-state index in [0.717, 1.165) is 29.5 Å². The predicted molar refractivity (Wildman–Crippen MR) is 159 cm³/mol. The van der Waals surface area contributed by atoms with E-state index in [1.54, 1.807) is 6.07 Å². The van der Waals surface area contributed by atoms with Crippen molar-refractivity contribution in [1.82, 2.24) is 5.32 Å². The van der Waals surface area contributed by atoms with Gasteiger partial charge in [0.1, 0.15) is 5.75 Å². The van der Waals surface area contributed by atoms with Gasteiger partial charge in [-0.15, -0.1) is 0 Å². The van der Waals surface area contributed by atoms with Crippen LogP contribution in [-0.4, -0.2) is 15.0 Å². The maximum Gasteiger partial charge on any atom is 0.238 e. The molecule has 0 spiro atoms. The first kappa shape index (κ1) is 30.1. The number of unbranched alkanes of at least 4 members (excludes halogenated alkanes) is 1. The zero-order valence-corrected chi connectivity index (χ0v) is 23.4. The van der Waals surface area contributed by atoms with E-state index in [1.165, 1.54) is 5.56 Å². The Hall–Kier alpha value is -3.49. The minimum absolute atomic E-state index is 0.127. The van der Waals surface area contributed by atoms with Gasteiger partial charge in [0.2, 0.25) is 10.0 Å². The summed E-state index contributed by atoms with van der Waals surface area (Å²) in [4.78, 5) is 0.127. The molecule has 4 aromatic carbocycles. The molecule has 0 heterocycles. The summed E-state index contributed by atoms with van der Waals surface area (Å²) in [6.07, 6.45) is 2.33. The van der Waals surface area contributed by atoms with Gasteiger partial charge in [-0.1, -0.05) is 104 Å². The molecule has 4 rings (SSSR count). The number of sulfonamides is 1. The fourth-order valence-electron chi connectivity index (χ4n) is 4.02. The Morgan fingerprint density at radius 2 is 1.28 bits per heavy atom. The number of ether oxygens (including phenoxy) is 1. The molecule has 0 radical (unpaired) electrons. The van der Waals surface area contributed by atoms with E-state index in [0.29, 0.717) is 44.0 Å². The number of hydrogen-bond acceptors (Lipinski definition) is 5. The van der Waals surface area contributed by atoms with Crippen LogP contribution in [0.4, 0.5) is 0 Å². The molecular weight excluding hydrogens is 506 g/mol. The topological polar surface area (TPSA) is 107 Å². The number of nitrogens with two attached hydrogens (primary N) is 2. The van der Waals surface area contributed by atoms with Crippen molar-refractivity contribution < 1.29 is 13.2 Å². The van der Waals surface area contributed by atoms with Gasteiger partial charge in [-0.05, 0) is 40.8 Å². The van der Waals surface area contributed by atoms with Gasteiger partial charge in [-0.25, -0.2) is 13.6 Å². The average molecular weight is 546 g/mol. The van der Waals surface area contributed by atoms with Crippen LogP contribution in [0.2, 0.25) is 0 Å². The number of rotatable bonds is 12. The van der Waals surface area contributed by atoms with Crippen molar-refractivity contribution in [1.29, 1.82) is 0 Å². The summed E-state index contributed by atoms with van der Waals surface area (Å²) in [5.41, 5.74) is 10.1. The molecule has 0 fully saturated rings. The lowest BCUT2D eigenvalue weighted by atomic mass is 10.0. The summed E-state index contributed by atoms with van der Waals surface area (Å²) in [6, 6.07) is 33.4. The normalized spacial score (nSPS) is 10.9. The minimum Gasteiger partial charge on any atom is -0.493 e. The number of nitrogens with one attached hydrogen (secondary N) is 1. The van der Waals surface area contributed by atoms with Crippen LogP contribution in [0.5, 0.6) is 5.75 Å². The molecule has 0 atom stereocenters. The lowest BCUT2D eigenvalue weighted by Gasteiger charge is -2.17. The van der Waals surface area contributed by atoms with Crippen LogP contribution in [0.3, 0.4) is 0 Å². The van der Waals surface area contributed by atoms with Crippen molar-refractivity contribution in [3.8, 4) is 5.75 Å². The predicted octanol–water partition coefficient (Wildman–Crippen LogP) is 5.54. The molecule has 39 heavy (non-hydrogen) atoms. The fraction of sp³-hybridized carbons (Fsp3) is 0.250. The molecule has 0 unspecified atom stereocenters. The second-order valence-corrected chi connectivity index (χ2v) is 10.8. The van der Waals surface area contributed by atoms with Gasteiger partial charge in [0.25, 0.3) is 0 Å². The molecule has 4 aromatic rings. The summed E-state index contributed by atoms with van der Waals surface area (Å²) in [6.45, 7) is 4.45. The average Bonchev–Trinajstić information content (AvgIpc) is 2.95. The van der Waals surface area contributed by atoms with Gasteiger partial charge in [0, 0.05) is 31.6 Å². The smallest absolute Gasteiger partial charge is 0.238 e. The van der Waals surface area contributed by atoms with E-state index in [2.05, 4.69) is 12.2 Å². The van der Waals surface area contributed by atoms with Crippen LogP contribution in [0.25, 0.3) is 0 Å². The first-order chi connectivity index (χ1) is 18.9. The molecule has 0 saturated heterocycles. The molecule has 0 aromatic heterocycles. The highest BCUT2D eigenvalue weighted by atomic mass is 32.2. The van der Waals surface area contributed by atoms with Crippen molar-refractivity contribution in [2.75, 3.05) is 6.61 Å². The molecule has 0 bridgehead atoms. The summed E-state index contributed by atoms with van der Waals surface area (Å²) in [5, 5.41) is 8.99. The lowest BCUT2D eigenvalue weighted by Crippen LogP contribution is -2.18. The highest BCUT2D eigenvalue weighted by Crippen LogP contribution is 2.30. The SMILES string of the molecule is CCCCOc1cc(CNCc2ccccc2)cc(S(N)(=O)=O)c1Cc1ccccc1.NCc1ccccc1. The number of hydrogen-bond donors (Lipinski definition) is 3. The highest BCUT2D eigenvalue weighted by molar-refractivity contribution is 7.89. The third-order valence-corrected chi connectivity index (χ3v) is 7.07. The van der Waals surface area contributed by atoms with Crippen molar-refractivity contribution in [2.24, 2.45) is 10.9 Å². The van der Waals surface area contributed by atoms with E-state index in [1.807, 2.05) is 97.1 Å². The van der Waals surface area contributed by atoms with Crippen LogP contribution in [0.15, 0.2) is 108 Å². The first-order valence-electron chi connectivity index (χ1n) is 13.2. The molecule has 0 aliphatic rings.